The van der Waals surface area contributed by atoms with Gasteiger partial charge in [0.2, 0.25) is 0 Å². The van der Waals surface area contributed by atoms with Crippen molar-refractivity contribution in [2.45, 2.75) is 19.9 Å². The molecule has 2 rings (SSSR count). The van der Waals surface area contributed by atoms with Crippen molar-refractivity contribution in [2.24, 2.45) is 0 Å². The Balaban J connectivity index is 2.46. The van der Waals surface area contributed by atoms with Gasteiger partial charge in [-0.15, -0.1) is 0 Å². The highest BCUT2D eigenvalue weighted by Crippen LogP contribution is 2.25. The number of aryl methyl sites for hydroxylation is 1. The zero-order chi connectivity index (χ0) is 16.3. The Morgan fingerprint density at radius 3 is 2.77 bits per heavy atom. The van der Waals surface area contributed by atoms with Crippen LogP contribution in [0.1, 0.15) is 24.0 Å². The summed E-state index contributed by atoms with van der Waals surface area (Å²) in [5.74, 6) is -0.251. The highest BCUT2D eigenvalue weighted by molar-refractivity contribution is 14.1. The van der Waals surface area contributed by atoms with Crippen LogP contribution < -0.4 is 0 Å². The molecule has 0 aliphatic carbocycles. The van der Waals surface area contributed by atoms with E-state index >= 15 is 0 Å². The molecule has 0 atom stereocenters. The predicted molar refractivity (Wildman–Crippen MR) is 96.6 cm³/mol. The van der Waals surface area contributed by atoms with E-state index in [1.54, 1.807) is 0 Å². The molecule has 0 amide bonds. The molecule has 1 N–H and O–H groups in total. The third-order valence-corrected chi connectivity index (χ3v) is 4.39. The smallest absolute Gasteiger partial charge is 0.328 e. The summed E-state index contributed by atoms with van der Waals surface area (Å²) >= 11 is 14.6. The number of carboxylic acid groups (broad SMARTS) is 1. The summed E-state index contributed by atoms with van der Waals surface area (Å²) in [6.45, 7) is 2.45. The van der Waals surface area contributed by atoms with E-state index in [-0.39, 0.29) is 5.15 Å². The second kappa shape index (κ2) is 7.48. The van der Waals surface area contributed by atoms with Crippen molar-refractivity contribution in [3.63, 3.8) is 0 Å². The minimum absolute atomic E-state index is 0.288. The molecule has 22 heavy (non-hydrogen) atoms. The first kappa shape index (κ1) is 17.3. The molecule has 0 fully saturated rings. The van der Waals surface area contributed by atoms with Crippen LogP contribution in [0.5, 0.6) is 0 Å². The summed E-state index contributed by atoms with van der Waals surface area (Å²) in [4.78, 5) is 15.0. The minimum Gasteiger partial charge on any atom is -0.478 e. The average molecular weight is 451 g/mol. The van der Waals surface area contributed by atoms with Crippen LogP contribution in [0, 0.1) is 3.57 Å². The van der Waals surface area contributed by atoms with Crippen molar-refractivity contribution in [1.82, 2.24) is 9.55 Å². The number of carboxylic acids is 1. The Kier molecular flexibility index (Phi) is 5.88. The zero-order valence-electron chi connectivity index (χ0n) is 11.7. The Labute approximate surface area is 151 Å². The van der Waals surface area contributed by atoms with Gasteiger partial charge in [0.1, 0.15) is 5.82 Å². The molecule has 116 valence electrons. The summed E-state index contributed by atoms with van der Waals surface area (Å²) in [7, 11) is 0. The molecule has 0 aliphatic rings. The zero-order valence-corrected chi connectivity index (χ0v) is 15.4. The van der Waals surface area contributed by atoms with Crippen molar-refractivity contribution < 1.29 is 9.90 Å². The predicted octanol–water partition coefficient (Wildman–Crippen LogP) is 4.50. The lowest BCUT2D eigenvalue weighted by Gasteiger charge is -2.11. The molecular weight excluding hydrogens is 438 g/mol. The first-order chi connectivity index (χ1) is 10.4. The number of rotatable bonds is 5. The lowest BCUT2D eigenvalue weighted by atomic mass is 10.2. The standard InChI is InChI=1S/C15H13Cl2IN2O2/c1-2-13-19-15(17)12(5-6-14(21)22)20(13)8-9-3-4-10(18)7-11(9)16/h3-7H,2,8H2,1H3,(H,21,22). The molecule has 2 aromatic rings. The second-order valence-electron chi connectivity index (χ2n) is 4.55. The van der Waals surface area contributed by atoms with Crippen LogP contribution in [0.4, 0.5) is 0 Å². The SMILES string of the molecule is CCc1nc(Cl)c(C=CC(=O)O)n1Cc1ccc(I)cc1Cl. The molecule has 0 radical (unpaired) electrons. The summed E-state index contributed by atoms with van der Waals surface area (Å²) in [6.07, 6.45) is 3.19. The minimum atomic E-state index is -1.03. The molecule has 1 aromatic carbocycles. The molecule has 0 aliphatic heterocycles. The highest BCUT2D eigenvalue weighted by atomic mass is 127. The number of halogens is 3. The van der Waals surface area contributed by atoms with Gasteiger partial charge in [-0.05, 0) is 46.4 Å². The van der Waals surface area contributed by atoms with E-state index in [1.165, 1.54) is 6.08 Å². The number of benzene rings is 1. The topological polar surface area (TPSA) is 55.1 Å². The Morgan fingerprint density at radius 2 is 2.18 bits per heavy atom. The van der Waals surface area contributed by atoms with Crippen molar-refractivity contribution in [3.05, 3.63) is 55.1 Å². The van der Waals surface area contributed by atoms with Gasteiger partial charge in [0.15, 0.2) is 5.15 Å². The number of hydrogen-bond acceptors (Lipinski definition) is 2. The van der Waals surface area contributed by atoms with Gasteiger partial charge in [-0.1, -0.05) is 36.2 Å². The molecular formula is C15H13Cl2IN2O2. The number of aromatic nitrogens is 2. The number of carbonyl (C=O) groups is 1. The summed E-state index contributed by atoms with van der Waals surface area (Å²) in [5.41, 5.74) is 1.49. The lowest BCUT2D eigenvalue weighted by molar-refractivity contribution is -0.131. The number of aliphatic carboxylic acids is 1. The maximum Gasteiger partial charge on any atom is 0.328 e. The van der Waals surface area contributed by atoms with Crippen LogP contribution in [0.15, 0.2) is 24.3 Å². The fourth-order valence-electron chi connectivity index (χ4n) is 2.06. The van der Waals surface area contributed by atoms with E-state index in [0.29, 0.717) is 23.7 Å². The highest BCUT2D eigenvalue weighted by Gasteiger charge is 2.14. The largest absolute Gasteiger partial charge is 0.478 e. The van der Waals surface area contributed by atoms with Gasteiger partial charge < -0.3 is 9.67 Å². The van der Waals surface area contributed by atoms with Crippen LogP contribution >= 0.6 is 45.8 Å². The van der Waals surface area contributed by atoms with Gasteiger partial charge >= 0.3 is 5.97 Å². The Bertz CT molecular complexity index is 741. The lowest BCUT2D eigenvalue weighted by Crippen LogP contribution is -2.07. The van der Waals surface area contributed by atoms with Gasteiger partial charge in [0.05, 0.1) is 12.2 Å². The molecule has 4 nitrogen and oxygen atoms in total. The second-order valence-corrected chi connectivity index (χ2v) is 6.56. The first-order valence-electron chi connectivity index (χ1n) is 6.52. The van der Waals surface area contributed by atoms with Gasteiger partial charge in [-0.25, -0.2) is 9.78 Å². The Morgan fingerprint density at radius 1 is 1.45 bits per heavy atom. The third kappa shape index (κ3) is 4.02. The first-order valence-corrected chi connectivity index (χ1v) is 8.35. The summed E-state index contributed by atoms with van der Waals surface area (Å²) < 4.78 is 2.94. The number of hydrogen-bond donors (Lipinski definition) is 1. The molecule has 0 spiro atoms. The van der Waals surface area contributed by atoms with Gasteiger partial charge in [-0.3, -0.25) is 0 Å². The van der Waals surface area contributed by atoms with E-state index < -0.39 is 5.97 Å². The third-order valence-electron chi connectivity index (χ3n) is 3.08. The van der Waals surface area contributed by atoms with E-state index in [4.69, 9.17) is 28.3 Å². The maximum absolute atomic E-state index is 10.7. The van der Waals surface area contributed by atoms with Gasteiger partial charge in [-0.2, -0.15) is 0 Å². The van der Waals surface area contributed by atoms with Crippen molar-refractivity contribution in [1.29, 1.82) is 0 Å². The quantitative estimate of drug-likeness (QED) is 0.538. The van der Waals surface area contributed by atoms with Gasteiger partial charge in [0, 0.05) is 21.1 Å². The van der Waals surface area contributed by atoms with Crippen molar-refractivity contribution in [3.8, 4) is 0 Å². The molecule has 0 saturated carbocycles. The summed E-state index contributed by atoms with van der Waals surface area (Å²) in [6, 6.07) is 5.80. The average Bonchev–Trinajstić information content (AvgIpc) is 2.75. The molecule has 1 heterocycles. The molecule has 0 bridgehead atoms. The van der Waals surface area contributed by atoms with Crippen LogP contribution in [0.3, 0.4) is 0 Å². The summed E-state index contributed by atoms with van der Waals surface area (Å²) in [5, 5.41) is 9.75. The van der Waals surface area contributed by atoms with Crippen molar-refractivity contribution >= 4 is 57.8 Å². The van der Waals surface area contributed by atoms with Crippen LogP contribution in [-0.4, -0.2) is 20.6 Å². The van der Waals surface area contributed by atoms with E-state index in [2.05, 4.69) is 27.6 Å². The maximum atomic E-state index is 10.7. The van der Waals surface area contributed by atoms with Crippen LogP contribution in [0.2, 0.25) is 10.2 Å². The molecule has 0 unspecified atom stereocenters. The van der Waals surface area contributed by atoms with Crippen LogP contribution in [0.25, 0.3) is 6.08 Å². The fraction of sp³-hybridized carbons (Fsp3) is 0.200. The normalized spacial score (nSPS) is 11.3. The fourth-order valence-corrected chi connectivity index (χ4v) is 3.24. The monoisotopic (exact) mass is 450 g/mol. The van der Waals surface area contributed by atoms with E-state index in [0.717, 1.165) is 21.0 Å². The number of imidazole rings is 1. The molecule has 0 saturated heterocycles. The van der Waals surface area contributed by atoms with E-state index in [1.807, 2.05) is 29.7 Å². The molecule has 1 aromatic heterocycles. The van der Waals surface area contributed by atoms with Crippen LogP contribution in [-0.2, 0) is 17.8 Å². The number of nitrogens with zero attached hydrogens (tertiary/aromatic N) is 2. The molecule has 7 heteroatoms. The van der Waals surface area contributed by atoms with Gasteiger partial charge in [0.25, 0.3) is 0 Å². The van der Waals surface area contributed by atoms with Crippen molar-refractivity contribution in [2.75, 3.05) is 0 Å². The Hall–Kier alpha value is -1.05. The van der Waals surface area contributed by atoms with E-state index in [9.17, 15) is 4.79 Å².